The minimum Gasteiger partial charge on any atom is -1.00 e. The Morgan fingerprint density at radius 3 is 1.70 bits per heavy atom. The smallest absolute Gasteiger partial charge is 1.00 e. The summed E-state index contributed by atoms with van der Waals surface area (Å²) in [6.07, 6.45) is 0. The van der Waals surface area contributed by atoms with Gasteiger partial charge in [0.15, 0.2) is 5.69 Å². The van der Waals surface area contributed by atoms with Gasteiger partial charge < -0.3 is 11.2 Å². The van der Waals surface area contributed by atoms with E-state index in [1.807, 2.05) is 13.8 Å². The Hall–Kier alpha value is 2.69. The predicted octanol–water partition coefficient (Wildman–Crippen LogP) is -1.65. The molecule has 0 saturated heterocycles. The molecule has 0 aromatic heterocycles. The number of rotatable bonds is 2. The Morgan fingerprint density at radius 2 is 1.70 bits per heavy atom. The molecular weight excluding hydrogens is 214 g/mol. The Balaban J connectivity index is -0.000000320. The molecule has 0 aliphatic rings. The second-order valence-corrected chi connectivity index (χ2v) is 10.2. The van der Waals surface area contributed by atoms with E-state index in [4.69, 9.17) is 9.79 Å². The van der Waals surface area contributed by atoms with Crippen LogP contribution in [0.5, 0.6) is 0 Å². The minimum atomic E-state index is -2.80. The Kier molecular flexibility index (Phi) is 10.8. The molecule has 0 rings (SSSR count). The van der Waals surface area contributed by atoms with E-state index < -0.39 is 5.69 Å². The normalized spacial score (nSPS) is 11.4. The van der Waals surface area contributed by atoms with Crippen molar-refractivity contribution in [2.24, 2.45) is 0 Å². The van der Waals surface area contributed by atoms with Crippen molar-refractivity contribution in [3.05, 3.63) is 0 Å². The molecule has 0 aromatic carbocycles. The number of hydrogen-bond donors (Lipinski definition) is 3. The SMILES string of the molecule is CCS(CC)=P(O)(O)S.[H-].[K+]. The fourth-order valence-electron chi connectivity index (χ4n) is 0.551. The van der Waals surface area contributed by atoms with Crippen molar-refractivity contribution in [1.82, 2.24) is 0 Å². The molecule has 6 heteroatoms. The van der Waals surface area contributed by atoms with Crippen LogP contribution in [0.1, 0.15) is 15.3 Å². The predicted molar refractivity (Wildman–Crippen MR) is 49.9 cm³/mol. The zero-order valence-corrected chi connectivity index (χ0v) is 12.3. The fourth-order valence-corrected chi connectivity index (χ4v) is 5.81. The van der Waals surface area contributed by atoms with Crippen molar-refractivity contribution < 1.29 is 62.6 Å². The van der Waals surface area contributed by atoms with Gasteiger partial charge in [0.1, 0.15) is 0 Å². The van der Waals surface area contributed by atoms with Crippen LogP contribution in [0.15, 0.2) is 0 Å². The summed E-state index contributed by atoms with van der Waals surface area (Å²) in [5, 5.41) is 0. The first kappa shape index (κ1) is 15.2. The molecule has 0 spiro atoms. The van der Waals surface area contributed by atoms with Crippen LogP contribution in [-0.2, 0) is 10.1 Å². The Labute approximate surface area is 114 Å². The number of thiol groups is 1. The monoisotopic (exact) mass is 228 g/mol. The van der Waals surface area contributed by atoms with Gasteiger partial charge in [-0.2, -0.15) is 0 Å². The molecule has 2 N–H and O–H groups in total. The first-order chi connectivity index (χ1) is 4.02. The van der Waals surface area contributed by atoms with E-state index >= 15 is 0 Å². The van der Waals surface area contributed by atoms with Gasteiger partial charge in [-0.15, -0.1) is 10.1 Å². The van der Waals surface area contributed by atoms with Crippen LogP contribution in [0, 0.1) is 0 Å². The maximum atomic E-state index is 9.02. The molecule has 0 heterocycles. The maximum Gasteiger partial charge on any atom is 1.00 e. The summed E-state index contributed by atoms with van der Waals surface area (Å²) in [7, 11) is -0.269. The summed E-state index contributed by atoms with van der Waals surface area (Å²) in [5.41, 5.74) is -2.80. The summed E-state index contributed by atoms with van der Waals surface area (Å²) < 4.78 is 0. The van der Waals surface area contributed by atoms with Gasteiger partial charge in [-0.25, -0.2) is 0 Å². The average Bonchev–Trinajstić information content (AvgIpc) is 1.65. The van der Waals surface area contributed by atoms with E-state index in [0.29, 0.717) is 0 Å². The molecule has 0 atom stereocenters. The quantitative estimate of drug-likeness (QED) is 0.301. The summed E-state index contributed by atoms with van der Waals surface area (Å²) in [6.45, 7) is 3.90. The van der Waals surface area contributed by atoms with Crippen molar-refractivity contribution >= 4 is 28.0 Å². The second kappa shape index (κ2) is 7.12. The molecule has 0 aromatic rings. The van der Waals surface area contributed by atoms with Gasteiger partial charge in [-0.3, -0.25) is 0 Å². The molecular formula is C4H14KO2PS2. The third-order valence-corrected chi connectivity index (χ3v) is 8.74. The zero-order valence-electron chi connectivity index (χ0n) is 7.61. The van der Waals surface area contributed by atoms with Gasteiger partial charge in [0.05, 0.1) is 0 Å². The molecule has 0 amide bonds. The van der Waals surface area contributed by atoms with Crippen molar-refractivity contribution in [1.29, 1.82) is 0 Å². The molecule has 0 aliphatic carbocycles. The van der Waals surface area contributed by atoms with E-state index in [-0.39, 0.29) is 62.9 Å². The van der Waals surface area contributed by atoms with E-state index in [1.54, 1.807) is 0 Å². The topological polar surface area (TPSA) is 40.5 Å². The molecule has 60 valence electrons. The third-order valence-electron chi connectivity index (χ3n) is 1.01. The van der Waals surface area contributed by atoms with Crippen LogP contribution < -0.4 is 51.4 Å². The van der Waals surface area contributed by atoms with Gasteiger partial charge in [-0.1, -0.05) is 26.1 Å². The van der Waals surface area contributed by atoms with E-state index in [9.17, 15) is 0 Å². The first-order valence-electron chi connectivity index (χ1n) is 2.77. The van der Waals surface area contributed by atoms with Crippen molar-refractivity contribution in [3.8, 4) is 0 Å². The van der Waals surface area contributed by atoms with Gasteiger partial charge in [-0.05, 0) is 11.5 Å². The summed E-state index contributed by atoms with van der Waals surface area (Å²) in [5.74, 6) is 1.64. The summed E-state index contributed by atoms with van der Waals surface area (Å²) in [6, 6.07) is 0. The van der Waals surface area contributed by atoms with Crippen molar-refractivity contribution in [2.45, 2.75) is 13.8 Å². The maximum absolute atomic E-state index is 9.02. The van der Waals surface area contributed by atoms with Gasteiger partial charge in [0.2, 0.25) is 0 Å². The molecule has 0 fully saturated rings. The van der Waals surface area contributed by atoms with Crippen LogP contribution in [0.4, 0.5) is 0 Å². The molecule has 0 saturated carbocycles. The van der Waals surface area contributed by atoms with Crippen LogP contribution >= 0.6 is 17.9 Å². The van der Waals surface area contributed by atoms with Crippen molar-refractivity contribution in [3.63, 3.8) is 0 Å². The zero-order chi connectivity index (χ0) is 7.49. The standard InChI is InChI=1S/C4H13O2PS2.K.H/c1-3-9(4-2)7(5,6)8;;/h5-6,8H,3-4H2,1-2H3;;/q;+1;-1. The van der Waals surface area contributed by atoms with Crippen LogP contribution in [-0.4, -0.2) is 21.3 Å². The molecule has 0 bridgehead atoms. The number of hydrogen-bond acceptors (Lipinski definition) is 0. The van der Waals surface area contributed by atoms with Crippen molar-refractivity contribution in [2.75, 3.05) is 11.5 Å². The molecule has 2 nitrogen and oxygen atoms in total. The van der Waals surface area contributed by atoms with Crippen LogP contribution in [0.3, 0.4) is 0 Å². The van der Waals surface area contributed by atoms with E-state index in [1.165, 1.54) is 0 Å². The van der Waals surface area contributed by atoms with E-state index in [0.717, 1.165) is 11.5 Å². The van der Waals surface area contributed by atoms with Gasteiger partial charge in [0.25, 0.3) is 0 Å². The van der Waals surface area contributed by atoms with Gasteiger partial charge >= 0.3 is 51.4 Å². The second-order valence-electron chi connectivity index (χ2n) is 1.55. The van der Waals surface area contributed by atoms with Crippen LogP contribution in [0.2, 0.25) is 0 Å². The fraction of sp³-hybridized carbons (Fsp3) is 1.00. The van der Waals surface area contributed by atoms with Crippen LogP contribution in [0.25, 0.3) is 0 Å². The molecule has 0 unspecified atom stereocenters. The molecule has 10 heavy (non-hydrogen) atoms. The molecule has 0 radical (unpaired) electrons. The van der Waals surface area contributed by atoms with Gasteiger partial charge in [0, 0.05) is 0 Å². The Bertz CT molecular complexity index is 135. The minimum absolute atomic E-state index is 0. The summed E-state index contributed by atoms with van der Waals surface area (Å²) >= 11 is 3.74. The first-order valence-corrected chi connectivity index (χ1v) is 7.79. The Morgan fingerprint density at radius 1 is 1.40 bits per heavy atom. The summed E-state index contributed by atoms with van der Waals surface area (Å²) in [4.78, 5) is 18.0. The largest absolute Gasteiger partial charge is 1.00 e. The average molecular weight is 228 g/mol. The third kappa shape index (κ3) is 6.23. The van der Waals surface area contributed by atoms with E-state index in [2.05, 4.69) is 12.2 Å². The molecule has 0 aliphatic heterocycles.